The summed E-state index contributed by atoms with van der Waals surface area (Å²) in [5.41, 5.74) is -0.528. The van der Waals surface area contributed by atoms with E-state index in [1.54, 1.807) is 0 Å². The van der Waals surface area contributed by atoms with Crippen molar-refractivity contribution in [2.75, 3.05) is 25.0 Å². The van der Waals surface area contributed by atoms with Crippen LogP contribution < -0.4 is 10.6 Å². The number of nitrogens with one attached hydrogen (secondary N) is 2. The molecule has 1 aromatic carbocycles. The first-order chi connectivity index (χ1) is 8.91. The number of hydrogen-bond acceptors (Lipinski definition) is 3. The Balaban J connectivity index is 1.97. The minimum Gasteiger partial charge on any atom is -0.363 e. The van der Waals surface area contributed by atoms with Crippen molar-refractivity contribution in [3.63, 3.8) is 0 Å². The van der Waals surface area contributed by atoms with Crippen molar-refractivity contribution < 1.29 is 18.3 Å². The quantitative estimate of drug-likeness (QED) is 0.873. The minimum absolute atomic E-state index is 0.231. The molecule has 1 aromatic rings. The maximum atomic E-state index is 13.7. The van der Waals surface area contributed by atoms with E-state index in [4.69, 9.17) is 4.74 Å². The Morgan fingerprint density at radius 3 is 2.74 bits per heavy atom. The third-order valence-electron chi connectivity index (χ3n) is 3.10. The summed E-state index contributed by atoms with van der Waals surface area (Å²) in [5, 5.41) is 5.23. The zero-order valence-corrected chi connectivity index (χ0v) is 10.8. The molecule has 0 atom stereocenters. The number of hydrogen-bond donors (Lipinski definition) is 2. The zero-order chi connectivity index (χ0) is 14.0. The van der Waals surface area contributed by atoms with Crippen LogP contribution in [0.3, 0.4) is 0 Å². The maximum absolute atomic E-state index is 13.7. The molecule has 1 saturated heterocycles. The van der Waals surface area contributed by atoms with Gasteiger partial charge < -0.3 is 15.4 Å². The highest BCUT2D eigenvalue weighted by Gasteiger charge is 2.33. The Morgan fingerprint density at radius 1 is 1.47 bits per heavy atom. The van der Waals surface area contributed by atoms with E-state index in [0.717, 1.165) is 6.07 Å². The Kier molecular flexibility index (Phi) is 3.82. The van der Waals surface area contributed by atoms with Gasteiger partial charge in [0, 0.05) is 13.1 Å². The Hall–Kier alpha value is -1.53. The van der Waals surface area contributed by atoms with Gasteiger partial charge in [0.05, 0.1) is 5.60 Å². The van der Waals surface area contributed by atoms with Crippen molar-refractivity contribution in [2.45, 2.75) is 19.4 Å². The third kappa shape index (κ3) is 3.08. The first kappa shape index (κ1) is 13.9. The smallest absolute Gasteiger partial charge is 0.250 e. The van der Waals surface area contributed by atoms with Crippen molar-refractivity contribution >= 4 is 11.6 Å². The van der Waals surface area contributed by atoms with E-state index < -0.39 is 23.2 Å². The van der Waals surface area contributed by atoms with Crippen LogP contribution in [-0.4, -0.2) is 31.2 Å². The summed E-state index contributed by atoms with van der Waals surface area (Å²) in [7, 11) is 0. The van der Waals surface area contributed by atoms with Crippen molar-refractivity contribution in [3.8, 4) is 0 Å². The molecule has 0 aromatic heterocycles. The second-order valence-electron chi connectivity index (χ2n) is 4.94. The molecule has 19 heavy (non-hydrogen) atoms. The van der Waals surface area contributed by atoms with Crippen LogP contribution in [0.15, 0.2) is 12.1 Å². The number of halogens is 2. The Labute approximate surface area is 110 Å². The van der Waals surface area contributed by atoms with Crippen LogP contribution in [-0.2, 0) is 9.53 Å². The van der Waals surface area contributed by atoms with E-state index in [2.05, 4.69) is 10.6 Å². The fourth-order valence-electron chi connectivity index (χ4n) is 1.77. The number of amides is 1. The van der Waals surface area contributed by atoms with Gasteiger partial charge in [0.1, 0.15) is 18.1 Å². The molecule has 1 fully saturated rings. The summed E-state index contributed by atoms with van der Waals surface area (Å²) in [4.78, 5) is 11.6. The molecule has 0 bridgehead atoms. The number of benzene rings is 1. The Morgan fingerprint density at radius 2 is 2.16 bits per heavy atom. The lowest BCUT2D eigenvalue weighted by Crippen LogP contribution is -2.59. The lowest BCUT2D eigenvalue weighted by Gasteiger charge is -2.38. The van der Waals surface area contributed by atoms with Crippen LogP contribution in [0.5, 0.6) is 0 Å². The van der Waals surface area contributed by atoms with Gasteiger partial charge in [-0.05, 0) is 25.5 Å². The lowest BCUT2D eigenvalue weighted by atomic mass is 10.0. The van der Waals surface area contributed by atoms with Crippen LogP contribution in [0.25, 0.3) is 0 Å². The first-order valence-electron chi connectivity index (χ1n) is 6.00. The molecule has 2 N–H and O–H groups in total. The molecule has 4 nitrogen and oxygen atoms in total. The molecule has 1 aliphatic heterocycles. The third-order valence-corrected chi connectivity index (χ3v) is 3.10. The molecule has 2 rings (SSSR count). The van der Waals surface area contributed by atoms with Gasteiger partial charge in [0.15, 0.2) is 5.82 Å². The number of aryl methyl sites for hydroxylation is 1. The number of carbonyl (C=O) groups is 1. The summed E-state index contributed by atoms with van der Waals surface area (Å²) in [6.07, 6.45) is 0. The van der Waals surface area contributed by atoms with Crippen molar-refractivity contribution in [3.05, 3.63) is 29.3 Å². The molecule has 104 valence electrons. The van der Waals surface area contributed by atoms with Gasteiger partial charge in [-0.3, -0.25) is 4.79 Å². The molecular formula is C13H16F2N2O2. The number of rotatable bonds is 4. The highest BCUT2D eigenvalue weighted by molar-refractivity contribution is 5.92. The largest absolute Gasteiger partial charge is 0.363 e. The monoisotopic (exact) mass is 270 g/mol. The van der Waals surface area contributed by atoms with Gasteiger partial charge >= 0.3 is 0 Å². The SMILES string of the molecule is Cc1ccc(F)c(NC(=O)COC2(C)CNC2)c1F. The van der Waals surface area contributed by atoms with E-state index in [0.29, 0.717) is 13.1 Å². The minimum atomic E-state index is -0.798. The molecule has 6 heteroatoms. The summed E-state index contributed by atoms with van der Waals surface area (Å²) >= 11 is 0. The molecule has 0 aliphatic carbocycles. The summed E-state index contributed by atoms with van der Waals surface area (Å²) in [6.45, 7) is 4.46. The second kappa shape index (κ2) is 5.22. The maximum Gasteiger partial charge on any atom is 0.250 e. The molecule has 1 amide bonds. The number of anilines is 1. The van der Waals surface area contributed by atoms with Gasteiger partial charge in [-0.2, -0.15) is 0 Å². The Bertz CT molecular complexity index is 502. The lowest BCUT2D eigenvalue weighted by molar-refractivity contribution is -0.130. The van der Waals surface area contributed by atoms with E-state index in [1.807, 2.05) is 6.92 Å². The average molecular weight is 270 g/mol. The van der Waals surface area contributed by atoms with Crippen LogP contribution in [0, 0.1) is 18.6 Å². The van der Waals surface area contributed by atoms with Crippen LogP contribution in [0.4, 0.5) is 14.5 Å². The molecule has 1 aliphatic rings. The molecule has 0 unspecified atom stereocenters. The van der Waals surface area contributed by atoms with Crippen LogP contribution in [0.1, 0.15) is 12.5 Å². The normalized spacial score (nSPS) is 16.8. The molecule has 1 heterocycles. The molecule has 0 radical (unpaired) electrons. The second-order valence-corrected chi connectivity index (χ2v) is 4.94. The van der Waals surface area contributed by atoms with Gasteiger partial charge in [-0.1, -0.05) is 6.07 Å². The summed E-state index contributed by atoms with van der Waals surface area (Å²) < 4.78 is 32.5. The van der Waals surface area contributed by atoms with E-state index >= 15 is 0 Å². The van der Waals surface area contributed by atoms with E-state index in [9.17, 15) is 13.6 Å². The highest BCUT2D eigenvalue weighted by Crippen LogP contribution is 2.22. The van der Waals surface area contributed by atoms with Crippen molar-refractivity contribution in [2.24, 2.45) is 0 Å². The number of carbonyl (C=O) groups excluding carboxylic acids is 1. The standard InChI is InChI=1S/C13H16F2N2O2/c1-8-3-4-9(14)12(11(8)15)17-10(18)5-19-13(2)6-16-7-13/h3-4,16H,5-7H2,1-2H3,(H,17,18). The van der Waals surface area contributed by atoms with Crippen molar-refractivity contribution in [1.29, 1.82) is 0 Å². The molecule has 0 spiro atoms. The molecular weight excluding hydrogens is 254 g/mol. The average Bonchev–Trinajstić information content (AvgIpc) is 2.34. The zero-order valence-electron chi connectivity index (χ0n) is 10.8. The van der Waals surface area contributed by atoms with Crippen LogP contribution in [0.2, 0.25) is 0 Å². The van der Waals surface area contributed by atoms with Gasteiger partial charge in [0.25, 0.3) is 5.91 Å². The first-order valence-corrected chi connectivity index (χ1v) is 6.00. The predicted octanol–water partition coefficient (Wildman–Crippen LogP) is 1.59. The highest BCUT2D eigenvalue weighted by atomic mass is 19.1. The van der Waals surface area contributed by atoms with Gasteiger partial charge in [-0.15, -0.1) is 0 Å². The topological polar surface area (TPSA) is 50.4 Å². The summed E-state index contributed by atoms with van der Waals surface area (Å²) in [5.74, 6) is -2.13. The molecule has 0 saturated carbocycles. The van der Waals surface area contributed by atoms with E-state index in [1.165, 1.54) is 13.0 Å². The fraction of sp³-hybridized carbons (Fsp3) is 0.462. The number of ether oxygens (including phenoxy) is 1. The van der Waals surface area contributed by atoms with Crippen LogP contribution >= 0.6 is 0 Å². The van der Waals surface area contributed by atoms with Gasteiger partial charge in [0.2, 0.25) is 0 Å². The fourth-order valence-corrected chi connectivity index (χ4v) is 1.77. The van der Waals surface area contributed by atoms with Crippen molar-refractivity contribution in [1.82, 2.24) is 5.32 Å². The van der Waals surface area contributed by atoms with Gasteiger partial charge in [-0.25, -0.2) is 8.78 Å². The predicted molar refractivity (Wildman–Crippen MR) is 67.0 cm³/mol. The van der Waals surface area contributed by atoms with E-state index in [-0.39, 0.29) is 17.8 Å². The summed E-state index contributed by atoms with van der Waals surface area (Å²) in [6, 6.07) is 2.43.